The Morgan fingerprint density at radius 2 is 1.94 bits per heavy atom. The van der Waals surface area contributed by atoms with Crippen LogP contribution in [0.5, 0.6) is 0 Å². The first kappa shape index (κ1) is 15.0. The van der Waals surface area contributed by atoms with Gasteiger partial charge in [0.1, 0.15) is 5.82 Å². The van der Waals surface area contributed by atoms with Crippen LogP contribution < -0.4 is 4.90 Å². The molecule has 0 aliphatic rings. The van der Waals surface area contributed by atoms with Crippen LogP contribution in [-0.2, 0) is 0 Å². The molecule has 1 atom stereocenters. The van der Waals surface area contributed by atoms with Gasteiger partial charge >= 0.3 is 0 Å². The van der Waals surface area contributed by atoms with Gasteiger partial charge in [0.15, 0.2) is 0 Å². The van der Waals surface area contributed by atoms with Crippen LogP contribution in [0.1, 0.15) is 52.2 Å². The Morgan fingerprint density at radius 3 is 2.44 bits per heavy atom. The highest BCUT2D eigenvalue weighted by atomic mass is 16.3. The van der Waals surface area contributed by atoms with E-state index in [0.29, 0.717) is 5.92 Å². The monoisotopic (exact) mass is 250 g/mol. The quantitative estimate of drug-likeness (QED) is 0.805. The van der Waals surface area contributed by atoms with Gasteiger partial charge in [-0.1, -0.05) is 32.8 Å². The van der Waals surface area contributed by atoms with Crippen molar-refractivity contribution in [2.24, 2.45) is 5.92 Å². The molecule has 0 aliphatic heterocycles. The summed E-state index contributed by atoms with van der Waals surface area (Å²) in [6, 6.07) is 3.85. The highest BCUT2D eigenvalue weighted by Crippen LogP contribution is 2.25. The van der Waals surface area contributed by atoms with E-state index in [9.17, 15) is 5.11 Å². The summed E-state index contributed by atoms with van der Waals surface area (Å²) < 4.78 is 0. The first-order chi connectivity index (χ1) is 8.63. The number of rotatable bonds is 7. The highest BCUT2D eigenvalue weighted by Gasteiger charge is 2.16. The van der Waals surface area contributed by atoms with Crippen molar-refractivity contribution >= 4 is 5.82 Å². The third kappa shape index (κ3) is 3.70. The zero-order valence-corrected chi connectivity index (χ0v) is 12.1. The fraction of sp³-hybridized carbons (Fsp3) is 0.667. The summed E-state index contributed by atoms with van der Waals surface area (Å²) in [5.41, 5.74) is 0.922. The van der Waals surface area contributed by atoms with Gasteiger partial charge in [-0.3, -0.25) is 0 Å². The lowest BCUT2D eigenvalue weighted by molar-refractivity contribution is 0.199. The minimum Gasteiger partial charge on any atom is -0.389 e. The van der Waals surface area contributed by atoms with Crippen LogP contribution in [0.25, 0.3) is 0 Å². The Labute approximate surface area is 111 Å². The molecule has 0 saturated heterocycles. The van der Waals surface area contributed by atoms with Crippen molar-refractivity contribution in [2.45, 2.75) is 46.6 Å². The molecule has 1 heterocycles. The molecule has 3 heteroatoms. The molecule has 1 rings (SSSR count). The predicted octanol–water partition coefficient (Wildman–Crippen LogP) is 3.40. The van der Waals surface area contributed by atoms with Crippen LogP contribution in [0.3, 0.4) is 0 Å². The van der Waals surface area contributed by atoms with Gasteiger partial charge in [0.25, 0.3) is 0 Å². The molecule has 3 nitrogen and oxygen atoms in total. The molecular weight excluding hydrogens is 224 g/mol. The van der Waals surface area contributed by atoms with Crippen LogP contribution in [-0.4, -0.2) is 23.2 Å². The summed E-state index contributed by atoms with van der Waals surface area (Å²) >= 11 is 0. The van der Waals surface area contributed by atoms with E-state index in [1.165, 1.54) is 12.8 Å². The lowest BCUT2D eigenvalue weighted by atomic mass is 10.0. The first-order valence-electron chi connectivity index (χ1n) is 7.01. The molecule has 0 radical (unpaired) electrons. The number of hydrogen-bond donors (Lipinski definition) is 1. The van der Waals surface area contributed by atoms with E-state index in [2.05, 4.69) is 30.7 Å². The van der Waals surface area contributed by atoms with Gasteiger partial charge in [0.05, 0.1) is 6.10 Å². The molecule has 0 fully saturated rings. The highest BCUT2D eigenvalue weighted by molar-refractivity contribution is 5.47. The smallest absolute Gasteiger partial charge is 0.134 e. The predicted molar refractivity (Wildman–Crippen MR) is 76.8 cm³/mol. The molecule has 0 aromatic carbocycles. The van der Waals surface area contributed by atoms with Crippen molar-refractivity contribution in [3.05, 3.63) is 23.9 Å². The van der Waals surface area contributed by atoms with Crippen molar-refractivity contribution in [1.29, 1.82) is 0 Å². The van der Waals surface area contributed by atoms with E-state index in [1.54, 1.807) is 13.1 Å². The number of aromatic nitrogens is 1. The van der Waals surface area contributed by atoms with Crippen molar-refractivity contribution in [3.8, 4) is 0 Å². The zero-order chi connectivity index (χ0) is 13.5. The standard InChI is InChI=1S/C15H26N2O/c1-5-13(6-2)11-17(7-3)15-14(12(4)18)9-8-10-16-15/h8-10,12-13,18H,5-7,11H2,1-4H3. The average molecular weight is 250 g/mol. The molecule has 0 saturated carbocycles. The zero-order valence-electron chi connectivity index (χ0n) is 12.1. The Balaban J connectivity index is 2.94. The number of aliphatic hydroxyl groups is 1. The van der Waals surface area contributed by atoms with E-state index < -0.39 is 6.10 Å². The van der Waals surface area contributed by atoms with Crippen LogP contribution in [0.4, 0.5) is 5.82 Å². The lowest BCUT2D eigenvalue weighted by Gasteiger charge is -2.28. The van der Waals surface area contributed by atoms with Crippen LogP contribution in [0, 0.1) is 5.92 Å². The van der Waals surface area contributed by atoms with E-state index >= 15 is 0 Å². The Kier molecular flexibility index (Phi) is 6.13. The van der Waals surface area contributed by atoms with Gasteiger partial charge in [-0.25, -0.2) is 4.98 Å². The van der Waals surface area contributed by atoms with E-state index in [4.69, 9.17) is 0 Å². The largest absolute Gasteiger partial charge is 0.389 e. The number of nitrogens with zero attached hydrogens (tertiary/aromatic N) is 2. The Morgan fingerprint density at radius 1 is 1.28 bits per heavy atom. The molecule has 0 bridgehead atoms. The molecule has 18 heavy (non-hydrogen) atoms. The Bertz CT molecular complexity index is 348. The fourth-order valence-electron chi connectivity index (χ4n) is 2.22. The maximum absolute atomic E-state index is 9.83. The maximum atomic E-state index is 9.83. The van der Waals surface area contributed by atoms with E-state index in [0.717, 1.165) is 24.5 Å². The molecule has 1 unspecified atom stereocenters. The van der Waals surface area contributed by atoms with Crippen LogP contribution in [0.15, 0.2) is 18.3 Å². The SMILES string of the molecule is CCC(CC)CN(CC)c1ncccc1C(C)O. The van der Waals surface area contributed by atoms with Gasteiger partial charge in [0, 0.05) is 24.8 Å². The van der Waals surface area contributed by atoms with E-state index in [1.807, 2.05) is 12.1 Å². The van der Waals surface area contributed by atoms with Gasteiger partial charge in [-0.05, 0) is 25.8 Å². The topological polar surface area (TPSA) is 36.4 Å². The van der Waals surface area contributed by atoms with E-state index in [-0.39, 0.29) is 0 Å². The second-order valence-electron chi connectivity index (χ2n) is 4.81. The molecule has 1 N–H and O–H groups in total. The summed E-state index contributed by atoms with van der Waals surface area (Å²) in [5, 5.41) is 9.83. The van der Waals surface area contributed by atoms with Crippen molar-refractivity contribution in [1.82, 2.24) is 4.98 Å². The number of hydrogen-bond acceptors (Lipinski definition) is 3. The van der Waals surface area contributed by atoms with Crippen LogP contribution in [0.2, 0.25) is 0 Å². The molecule has 0 amide bonds. The average Bonchev–Trinajstić information content (AvgIpc) is 2.40. The summed E-state index contributed by atoms with van der Waals surface area (Å²) in [6.45, 7) is 10.3. The van der Waals surface area contributed by atoms with Gasteiger partial charge in [-0.2, -0.15) is 0 Å². The third-order valence-corrected chi connectivity index (χ3v) is 3.58. The second kappa shape index (κ2) is 7.37. The summed E-state index contributed by atoms with van der Waals surface area (Å²) in [7, 11) is 0. The molecule has 0 aliphatic carbocycles. The Hall–Kier alpha value is -1.09. The van der Waals surface area contributed by atoms with Gasteiger partial charge in [-0.15, -0.1) is 0 Å². The number of aliphatic hydroxyl groups excluding tert-OH is 1. The van der Waals surface area contributed by atoms with Gasteiger partial charge in [0.2, 0.25) is 0 Å². The summed E-state index contributed by atoms with van der Waals surface area (Å²) in [6.07, 6.45) is 3.70. The fourth-order valence-corrected chi connectivity index (χ4v) is 2.22. The molecular formula is C15H26N2O. The minimum absolute atomic E-state index is 0.468. The van der Waals surface area contributed by atoms with Crippen molar-refractivity contribution in [2.75, 3.05) is 18.0 Å². The number of pyridine rings is 1. The van der Waals surface area contributed by atoms with Crippen molar-refractivity contribution in [3.63, 3.8) is 0 Å². The molecule has 0 spiro atoms. The first-order valence-corrected chi connectivity index (χ1v) is 7.01. The summed E-state index contributed by atoms with van der Waals surface area (Å²) in [5.74, 6) is 1.62. The number of anilines is 1. The normalized spacial score (nSPS) is 12.8. The lowest BCUT2D eigenvalue weighted by Crippen LogP contribution is -2.30. The third-order valence-electron chi connectivity index (χ3n) is 3.58. The van der Waals surface area contributed by atoms with Crippen molar-refractivity contribution < 1.29 is 5.11 Å². The second-order valence-corrected chi connectivity index (χ2v) is 4.81. The van der Waals surface area contributed by atoms with Crippen LogP contribution >= 0.6 is 0 Å². The minimum atomic E-state index is -0.468. The molecule has 1 aromatic rings. The maximum Gasteiger partial charge on any atom is 0.134 e. The van der Waals surface area contributed by atoms with Gasteiger partial charge < -0.3 is 10.0 Å². The summed E-state index contributed by atoms with van der Waals surface area (Å²) in [4.78, 5) is 6.74. The molecule has 1 aromatic heterocycles. The molecule has 102 valence electrons.